The van der Waals surface area contributed by atoms with Gasteiger partial charge in [-0.15, -0.1) is 0 Å². The number of aliphatic carboxylic acids is 1. The number of aromatic amines is 1. The monoisotopic (exact) mass is 510 g/mol. The van der Waals surface area contributed by atoms with Crippen LogP contribution in [0.2, 0.25) is 18.1 Å². The lowest BCUT2D eigenvalue weighted by Gasteiger charge is -2.40. The van der Waals surface area contributed by atoms with Crippen molar-refractivity contribution in [2.24, 2.45) is 0 Å². The SMILES string of the molecule is C[C@H](Cc1cccc(CC(=O)O)c1)NC[C@H](O[Si](C)(C)C(C)(C)C)c1ccc(O)c2[nH]c(=O)ccc12. The van der Waals surface area contributed by atoms with Crippen molar-refractivity contribution in [3.05, 3.63) is 75.6 Å². The number of aromatic hydroxyl groups is 1. The lowest BCUT2D eigenvalue weighted by Crippen LogP contribution is -2.44. The maximum atomic E-state index is 11.9. The number of benzene rings is 2. The van der Waals surface area contributed by atoms with Crippen LogP contribution in [0.5, 0.6) is 5.75 Å². The highest BCUT2D eigenvalue weighted by Gasteiger charge is 2.39. The molecule has 3 aromatic rings. The highest BCUT2D eigenvalue weighted by molar-refractivity contribution is 6.74. The zero-order chi connectivity index (χ0) is 26.7. The van der Waals surface area contributed by atoms with Gasteiger partial charge in [-0.05, 0) is 60.3 Å². The van der Waals surface area contributed by atoms with Crippen molar-refractivity contribution in [3.63, 3.8) is 0 Å². The molecule has 0 fully saturated rings. The van der Waals surface area contributed by atoms with E-state index in [1.54, 1.807) is 12.1 Å². The summed E-state index contributed by atoms with van der Waals surface area (Å²) in [6, 6.07) is 14.5. The summed E-state index contributed by atoms with van der Waals surface area (Å²) in [5.41, 5.74) is 2.91. The van der Waals surface area contributed by atoms with E-state index >= 15 is 0 Å². The fourth-order valence-electron chi connectivity index (χ4n) is 4.06. The predicted molar refractivity (Wildman–Crippen MR) is 146 cm³/mol. The van der Waals surface area contributed by atoms with Crippen molar-refractivity contribution in [2.45, 2.75) is 70.8 Å². The third-order valence-electron chi connectivity index (χ3n) is 7.04. The molecule has 194 valence electrons. The Labute approximate surface area is 213 Å². The van der Waals surface area contributed by atoms with Gasteiger partial charge in [0.15, 0.2) is 8.32 Å². The number of carbonyl (C=O) groups is 1. The molecule has 8 heteroatoms. The number of aromatic nitrogens is 1. The maximum Gasteiger partial charge on any atom is 0.307 e. The van der Waals surface area contributed by atoms with E-state index in [4.69, 9.17) is 9.53 Å². The van der Waals surface area contributed by atoms with E-state index < -0.39 is 14.3 Å². The Kier molecular flexibility index (Phi) is 8.43. The molecule has 2 atom stereocenters. The molecular weight excluding hydrogens is 472 g/mol. The zero-order valence-corrected chi connectivity index (χ0v) is 23.0. The molecule has 0 spiro atoms. The number of H-pyrrole nitrogens is 1. The van der Waals surface area contributed by atoms with Crippen LogP contribution in [0.25, 0.3) is 10.9 Å². The van der Waals surface area contributed by atoms with Gasteiger partial charge < -0.3 is 24.9 Å². The molecule has 2 aromatic carbocycles. The molecule has 36 heavy (non-hydrogen) atoms. The van der Waals surface area contributed by atoms with E-state index in [2.05, 4.69) is 51.1 Å². The maximum absolute atomic E-state index is 11.9. The van der Waals surface area contributed by atoms with E-state index in [-0.39, 0.29) is 34.9 Å². The second kappa shape index (κ2) is 11.0. The van der Waals surface area contributed by atoms with Crippen molar-refractivity contribution < 1.29 is 19.4 Å². The average molecular weight is 511 g/mol. The van der Waals surface area contributed by atoms with E-state index in [9.17, 15) is 14.7 Å². The minimum absolute atomic E-state index is 0.00246. The number of pyridine rings is 1. The predicted octanol–water partition coefficient (Wildman–Crippen LogP) is 5.14. The van der Waals surface area contributed by atoms with Crippen LogP contribution in [0.15, 0.2) is 53.3 Å². The summed E-state index contributed by atoms with van der Waals surface area (Å²) in [6.07, 6.45) is 0.457. The summed E-state index contributed by atoms with van der Waals surface area (Å²) in [5.74, 6) is -0.813. The van der Waals surface area contributed by atoms with Gasteiger partial charge in [-0.25, -0.2) is 0 Å². The Balaban J connectivity index is 1.87. The number of hydrogen-bond acceptors (Lipinski definition) is 5. The molecule has 0 unspecified atom stereocenters. The van der Waals surface area contributed by atoms with Crippen LogP contribution in [0.3, 0.4) is 0 Å². The van der Waals surface area contributed by atoms with Crippen LogP contribution in [0.1, 0.15) is 50.5 Å². The largest absolute Gasteiger partial charge is 0.506 e. The van der Waals surface area contributed by atoms with Crippen LogP contribution in [-0.4, -0.2) is 42.1 Å². The number of hydrogen-bond donors (Lipinski definition) is 4. The number of phenolic OH excluding ortho intramolecular Hbond substituents is 1. The van der Waals surface area contributed by atoms with Gasteiger partial charge >= 0.3 is 5.97 Å². The molecule has 0 saturated heterocycles. The Morgan fingerprint density at radius 1 is 1.11 bits per heavy atom. The second-order valence-corrected chi connectivity index (χ2v) is 15.8. The molecule has 0 aliphatic heterocycles. The third kappa shape index (κ3) is 6.84. The number of carboxylic acid groups (broad SMARTS) is 1. The fraction of sp³-hybridized carbons (Fsp3) is 0.429. The molecule has 0 amide bonds. The normalized spacial score (nSPS) is 14.1. The molecule has 1 aromatic heterocycles. The molecular formula is C28H38N2O5Si. The van der Waals surface area contributed by atoms with Gasteiger partial charge in [0.1, 0.15) is 5.75 Å². The lowest BCUT2D eigenvalue weighted by atomic mass is 10.0. The molecule has 0 aliphatic carbocycles. The van der Waals surface area contributed by atoms with E-state index in [1.807, 2.05) is 30.3 Å². The Morgan fingerprint density at radius 3 is 2.47 bits per heavy atom. The number of phenols is 1. The van der Waals surface area contributed by atoms with E-state index in [0.717, 1.165) is 28.5 Å². The first-order chi connectivity index (χ1) is 16.8. The summed E-state index contributed by atoms with van der Waals surface area (Å²) >= 11 is 0. The van der Waals surface area contributed by atoms with Gasteiger partial charge in [0, 0.05) is 24.0 Å². The zero-order valence-electron chi connectivity index (χ0n) is 22.0. The van der Waals surface area contributed by atoms with Gasteiger partial charge in [0.05, 0.1) is 18.0 Å². The van der Waals surface area contributed by atoms with Crippen molar-refractivity contribution in [3.8, 4) is 5.75 Å². The summed E-state index contributed by atoms with van der Waals surface area (Å²) in [6.45, 7) is 13.7. The molecule has 3 rings (SSSR count). The molecule has 0 aliphatic rings. The third-order valence-corrected chi connectivity index (χ3v) is 11.5. The van der Waals surface area contributed by atoms with Gasteiger partial charge in [-0.3, -0.25) is 9.59 Å². The van der Waals surface area contributed by atoms with Crippen LogP contribution in [0, 0.1) is 0 Å². The van der Waals surface area contributed by atoms with Crippen molar-refractivity contribution in [1.29, 1.82) is 0 Å². The van der Waals surface area contributed by atoms with Gasteiger partial charge in [-0.1, -0.05) is 51.1 Å². The number of carboxylic acids is 1. The highest BCUT2D eigenvalue weighted by Crippen LogP contribution is 2.41. The lowest BCUT2D eigenvalue weighted by molar-refractivity contribution is -0.136. The highest BCUT2D eigenvalue weighted by atomic mass is 28.4. The number of fused-ring (bicyclic) bond motifs is 1. The van der Waals surface area contributed by atoms with E-state index in [0.29, 0.717) is 12.1 Å². The first-order valence-electron chi connectivity index (χ1n) is 12.3. The summed E-state index contributed by atoms with van der Waals surface area (Å²) in [4.78, 5) is 25.7. The minimum Gasteiger partial charge on any atom is -0.506 e. The fourth-order valence-corrected chi connectivity index (χ4v) is 5.34. The van der Waals surface area contributed by atoms with Crippen LogP contribution in [0.4, 0.5) is 0 Å². The number of rotatable bonds is 10. The molecule has 0 bridgehead atoms. The molecule has 0 saturated carbocycles. The second-order valence-electron chi connectivity index (χ2n) is 11.1. The van der Waals surface area contributed by atoms with Gasteiger partial charge in [0.2, 0.25) is 5.56 Å². The molecule has 7 nitrogen and oxygen atoms in total. The van der Waals surface area contributed by atoms with Crippen LogP contribution in [-0.2, 0) is 22.1 Å². The van der Waals surface area contributed by atoms with Crippen molar-refractivity contribution in [2.75, 3.05) is 6.54 Å². The average Bonchev–Trinajstić information content (AvgIpc) is 2.76. The summed E-state index contributed by atoms with van der Waals surface area (Å²) in [5, 5.41) is 23.8. The Bertz CT molecular complexity index is 1280. The first kappa shape index (κ1) is 27.6. The van der Waals surface area contributed by atoms with E-state index in [1.165, 1.54) is 6.07 Å². The molecule has 1 heterocycles. The molecule has 0 radical (unpaired) electrons. The quantitative estimate of drug-likeness (QED) is 0.281. The van der Waals surface area contributed by atoms with Crippen LogP contribution < -0.4 is 10.9 Å². The summed E-state index contributed by atoms with van der Waals surface area (Å²) < 4.78 is 6.87. The molecule has 4 N–H and O–H groups in total. The Morgan fingerprint density at radius 2 is 1.81 bits per heavy atom. The standard InChI is InChI=1S/C28H38N2O5Si/c1-18(14-19-8-7-9-20(15-19)16-26(33)34)29-17-24(35-36(5,6)28(2,3)4)21-10-12-23(31)27-22(21)11-13-25(32)30-27/h7-13,15,18,24,29,31H,14,16-17H2,1-6H3,(H,30,32)(H,33,34)/t18-,24+/m1/s1. The Hall–Kier alpha value is -2.94. The summed E-state index contributed by atoms with van der Waals surface area (Å²) in [7, 11) is -2.16. The topological polar surface area (TPSA) is 112 Å². The minimum atomic E-state index is -2.16. The van der Waals surface area contributed by atoms with Crippen molar-refractivity contribution in [1.82, 2.24) is 10.3 Å². The van der Waals surface area contributed by atoms with Gasteiger partial charge in [-0.2, -0.15) is 0 Å². The number of nitrogens with one attached hydrogen (secondary N) is 2. The van der Waals surface area contributed by atoms with Gasteiger partial charge in [0.25, 0.3) is 0 Å². The smallest absolute Gasteiger partial charge is 0.307 e. The first-order valence-corrected chi connectivity index (χ1v) is 15.2. The van der Waals surface area contributed by atoms with Crippen LogP contribution >= 0.6 is 0 Å². The van der Waals surface area contributed by atoms with Crippen molar-refractivity contribution >= 4 is 25.2 Å².